The van der Waals surface area contributed by atoms with Gasteiger partial charge in [-0.3, -0.25) is 14.5 Å². The monoisotopic (exact) mass is 347 g/mol. The molecule has 0 aromatic heterocycles. The van der Waals surface area contributed by atoms with Gasteiger partial charge in [0, 0.05) is 5.75 Å². The zero-order valence-electron chi connectivity index (χ0n) is 12.9. The minimum atomic E-state index is -1.13. The third kappa shape index (κ3) is 2.67. The van der Waals surface area contributed by atoms with Crippen LogP contribution >= 0.6 is 11.8 Å². The van der Waals surface area contributed by atoms with Crippen LogP contribution in [-0.4, -0.2) is 45.0 Å². The highest BCUT2D eigenvalue weighted by Gasteiger charge is 2.53. The number of thioether (sulfide) groups is 1. The Balaban J connectivity index is 1.71. The number of rotatable bonds is 4. The van der Waals surface area contributed by atoms with Gasteiger partial charge in [-0.15, -0.1) is 11.8 Å². The van der Waals surface area contributed by atoms with E-state index in [9.17, 15) is 19.5 Å². The lowest BCUT2D eigenvalue weighted by Gasteiger charge is -2.49. The summed E-state index contributed by atoms with van der Waals surface area (Å²) in [7, 11) is 0. The normalized spacial score (nSPS) is 24.1. The van der Waals surface area contributed by atoms with E-state index in [0.29, 0.717) is 16.9 Å². The number of carbonyl (C=O) groups is 3. The van der Waals surface area contributed by atoms with Crippen molar-refractivity contribution in [3.63, 3.8) is 0 Å². The minimum Gasteiger partial charge on any atom is -0.477 e. The number of hydrogen-bond donors (Lipinski definition) is 3. The molecule has 1 saturated heterocycles. The third-order valence-corrected chi connectivity index (χ3v) is 5.52. The summed E-state index contributed by atoms with van der Waals surface area (Å²) >= 11 is 1.43. The molecule has 0 bridgehead atoms. The molecule has 2 aliphatic heterocycles. The van der Waals surface area contributed by atoms with Crippen LogP contribution in [0.25, 0.3) is 0 Å². The number of carboxylic acid groups (broad SMARTS) is 1. The summed E-state index contributed by atoms with van der Waals surface area (Å²) in [6, 6.07) is 7.23. The van der Waals surface area contributed by atoms with E-state index in [2.05, 4.69) is 5.32 Å². The molecule has 7 nitrogen and oxygen atoms in total. The second kappa shape index (κ2) is 6.29. The quantitative estimate of drug-likeness (QED) is 0.682. The van der Waals surface area contributed by atoms with Crippen LogP contribution in [-0.2, 0) is 14.4 Å². The summed E-state index contributed by atoms with van der Waals surface area (Å²) < 4.78 is 0. The Labute approximate surface area is 142 Å². The Morgan fingerprint density at radius 2 is 2.04 bits per heavy atom. The van der Waals surface area contributed by atoms with E-state index in [1.807, 2.05) is 6.07 Å². The molecule has 2 amide bonds. The van der Waals surface area contributed by atoms with E-state index in [1.54, 1.807) is 31.2 Å². The SMILES string of the molecule is CC1=C(C(=O)O)N2C(=O)C(NC(=O)[C@H](N)c3ccccc3)[C@H]2SC1. The van der Waals surface area contributed by atoms with Crippen molar-refractivity contribution >= 4 is 29.5 Å². The standard InChI is InChI=1S/C16H17N3O4S/c1-8-7-24-15-11(14(21)19(15)12(8)16(22)23)18-13(20)10(17)9-5-3-2-4-6-9/h2-6,10-11,15H,7,17H2,1H3,(H,18,20)(H,22,23)/t10-,11?,15-/m1/s1. The van der Waals surface area contributed by atoms with Crippen molar-refractivity contribution in [3.8, 4) is 0 Å². The number of nitrogens with one attached hydrogen (secondary N) is 1. The van der Waals surface area contributed by atoms with Crippen LogP contribution in [0.1, 0.15) is 18.5 Å². The molecule has 3 atom stereocenters. The van der Waals surface area contributed by atoms with Crippen LogP contribution in [0, 0.1) is 0 Å². The molecule has 1 aromatic rings. The van der Waals surface area contributed by atoms with Gasteiger partial charge in [-0.1, -0.05) is 30.3 Å². The summed E-state index contributed by atoms with van der Waals surface area (Å²) in [6.45, 7) is 1.69. The zero-order chi connectivity index (χ0) is 17.4. The van der Waals surface area contributed by atoms with Crippen LogP contribution in [0.15, 0.2) is 41.6 Å². The predicted octanol–water partition coefficient (Wildman–Crippen LogP) is 0.445. The first-order valence-electron chi connectivity index (χ1n) is 7.40. The number of amides is 2. The molecule has 2 aliphatic rings. The van der Waals surface area contributed by atoms with Gasteiger partial charge >= 0.3 is 5.97 Å². The summed E-state index contributed by atoms with van der Waals surface area (Å²) in [5, 5.41) is 11.5. The van der Waals surface area contributed by atoms with Gasteiger partial charge in [-0.2, -0.15) is 0 Å². The molecule has 126 valence electrons. The van der Waals surface area contributed by atoms with E-state index in [1.165, 1.54) is 16.7 Å². The first kappa shape index (κ1) is 16.5. The second-order valence-corrected chi connectivity index (χ2v) is 6.82. The highest BCUT2D eigenvalue weighted by atomic mass is 32.2. The van der Waals surface area contributed by atoms with Crippen LogP contribution in [0.3, 0.4) is 0 Å². The van der Waals surface area contributed by atoms with Crippen molar-refractivity contribution in [2.45, 2.75) is 24.4 Å². The van der Waals surface area contributed by atoms with Crippen molar-refractivity contribution in [3.05, 3.63) is 47.2 Å². The second-order valence-electron chi connectivity index (χ2n) is 5.72. The molecule has 1 aromatic carbocycles. The Morgan fingerprint density at radius 3 is 2.67 bits per heavy atom. The maximum Gasteiger partial charge on any atom is 0.352 e. The van der Waals surface area contributed by atoms with Gasteiger partial charge in [0.25, 0.3) is 5.91 Å². The van der Waals surface area contributed by atoms with Crippen LogP contribution in [0.2, 0.25) is 0 Å². The number of benzene rings is 1. The summed E-state index contributed by atoms with van der Waals surface area (Å²) in [4.78, 5) is 37.2. The molecule has 3 rings (SSSR count). The molecule has 0 saturated carbocycles. The molecule has 0 radical (unpaired) electrons. The maximum atomic E-state index is 12.3. The maximum absolute atomic E-state index is 12.3. The lowest BCUT2D eigenvalue weighted by Crippen LogP contribution is -2.71. The highest BCUT2D eigenvalue weighted by Crippen LogP contribution is 2.40. The van der Waals surface area contributed by atoms with E-state index < -0.39 is 35.2 Å². The van der Waals surface area contributed by atoms with E-state index in [0.717, 1.165) is 0 Å². The van der Waals surface area contributed by atoms with Gasteiger partial charge in [0.1, 0.15) is 23.2 Å². The van der Waals surface area contributed by atoms with Crippen molar-refractivity contribution in [1.82, 2.24) is 10.2 Å². The van der Waals surface area contributed by atoms with Gasteiger partial charge in [-0.25, -0.2) is 4.79 Å². The topological polar surface area (TPSA) is 113 Å². The lowest BCUT2D eigenvalue weighted by atomic mass is 10.0. The number of nitrogens with two attached hydrogens (primary N) is 1. The van der Waals surface area contributed by atoms with Gasteiger partial charge in [-0.05, 0) is 18.1 Å². The Hall–Kier alpha value is -2.32. The largest absolute Gasteiger partial charge is 0.477 e. The predicted molar refractivity (Wildman–Crippen MR) is 88.7 cm³/mol. The lowest BCUT2D eigenvalue weighted by molar-refractivity contribution is -0.150. The molecule has 0 aliphatic carbocycles. The molecule has 24 heavy (non-hydrogen) atoms. The molecule has 4 N–H and O–H groups in total. The molecule has 8 heteroatoms. The average molecular weight is 347 g/mol. The minimum absolute atomic E-state index is 0.0154. The fraction of sp³-hybridized carbons (Fsp3) is 0.312. The van der Waals surface area contributed by atoms with Crippen molar-refractivity contribution in [1.29, 1.82) is 0 Å². The van der Waals surface area contributed by atoms with Gasteiger partial charge in [0.15, 0.2) is 0 Å². The first-order chi connectivity index (χ1) is 11.4. The average Bonchev–Trinajstić information content (AvgIpc) is 2.59. The van der Waals surface area contributed by atoms with Crippen LogP contribution < -0.4 is 11.1 Å². The fourth-order valence-electron chi connectivity index (χ4n) is 2.83. The van der Waals surface area contributed by atoms with E-state index >= 15 is 0 Å². The smallest absolute Gasteiger partial charge is 0.352 e. The van der Waals surface area contributed by atoms with Crippen molar-refractivity contribution < 1.29 is 19.5 Å². The third-order valence-electron chi connectivity index (χ3n) is 4.10. The van der Waals surface area contributed by atoms with Crippen LogP contribution in [0.5, 0.6) is 0 Å². The Morgan fingerprint density at radius 1 is 1.38 bits per heavy atom. The fourth-order valence-corrected chi connectivity index (χ4v) is 4.12. The van der Waals surface area contributed by atoms with Crippen molar-refractivity contribution in [2.24, 2.45) is 5.73 Å². The number of carboxylic acids is 1. The molecule has 1 fully saturated rings. The zero-order valence-corrected chi connectivity index (χ0v) is 13.7. The number of carbonyl (C=O) groups excluding carboxylic acids is 2. The van der Waals surface area contributed by atoms with Crippen molar-refractivity contribution in [2.75, 3.05) is 5.75 Å². The molecule has 1 unspecified atom stereocenters. The number of fused-ring (bicyclic) bond motifs is 1. The molecule has 0 spiro atoms. The summed E-state index contributed by atoms with van der Waals surface area (Å²) in [5.41, 5.74) is 7.24. The molecular formula is C16H17N3O4S. The summed E-state index contributed by atoms with van der Waals surface area (Å²) in [6.07, 6.45) is 0. The number of nitrogens with zero attached hydrogens (tertiary/aromatic N) is 1. The Kier molecular flexibility index (Phi) is 4.33. The number of hydrogen-bond acceptors (Lipinski definition) is 5. The van der Waals surface area contributed by atoms with Gasteiger partial charge in [0.2, 0.25) is 5.91 Å². The molecular weight excluding hydrogens is 330 g/mol. The molecule has 2 heterocycles. The number of aliphatic carboxylic acids is 1. The van der Waals surface area contributed by atoms with Gasteiger partial charge < -0.3 is 16.2 Å². The Bertz CT molecular complexity index is 734. The van der Waals surface area contributed by atoms with Gasteiger partial charge in [0.05, 0.1) is 0 Å². The highest BCUT2D eigenvalue weighted by molar-refractivity contribution is 8.00. The number of β-lactam (4-membered cyclic amide) rings is 1. The first-order valence-corrected chi connectivity index (χ1v) is 8.45. The summed E-state index contributed by atoms with van der Waals surface area (Å²) in [5.74, 6) is -1.50. The van der Waals surface area contributed by atoms with E-state index in [-0.39, 0.29) is 5.70 Å². The van der Waals surface area contributed by atoms with E-state index in [4.69, 9.17) is 5.73 Å². The van der Waals surface area contributed by atoms with Crippen LogP contribution in [0.4, 0.5) is 0 Å².